The molecule has 6 heteroatoms. The van der Waals surface area contributed by atoms with Gasteiger partial charge in [-0.3, -0.25) is 0 Å². The van der Waals surface area contributed by atoms with Crippen molar-refractivity contribution in [3.8, 4) is 17.0 Å². The third kappa shape index (κ3) is 3.60. The van der Waals surface area contributed by atoms with E-state index in [1.807, 2.05) is 24.3 Å². The molecule has 1 aromatic carbocycles. The Morgan fingerprint density at radius 3 is 2.33 bits per heavy atom. The smallest absolute Gasteiger partial charge is 0.214 e. The predicted molar refractivity (Wildman–Crippen MR) is 94.6 cm³/mol. The topological polar surface area (TPSA) is 68.3 Å². The van der Waals surface area contributed by atoms with Crippen molar-refractivity contribution in [2.24, 2.45) is 0 Å². The molecule has 0 amide bonds. The lowest BCUT2D eigenvalue weighted by Crippen LogP contribution is -2.33. The Balaban J connectivity index is 1.67. The van der Waals surface area contributed by atoms with E-state index in [-0.39, 0.29) is 12.0 Å². The van der Waals surface area contributed by atoms with E-state index in [2.05, 4.69) is 21.8 Å². The minimum absolute atomic E-state index is 0.0194. The Morgan fingerprint density at radius 1 is 1.12 bits per heavy atom. The van der Waals surface area contributed by atoms with E-state index in [1.54, 1.807) is 27.2 Å². The van der Waals surface area contributed by atoms with Crippen LogP contribution in [0.4, 0.5) is 0 Å². The standard InChI is InChI=1S/C18H22N2O3S/c1-12(2)24(21,22)20-17-10-16(17)14-6-4-13(5-7-14)15-8-9-18(23-3)19-11-15/h4-9,11-12,16-17,20H,10H2,1-3H3/t16-,17+/m0/s1. The largest absolute Gasteiger partial charge is 0.481 e. The van der Waals surface area contributed by atoms with Gasteiger partial charge in [-0.1, -0.05) is 24.3 Å². The van der Waals surface area contributed by atoms with Crippen LogP contribution >= 0.6 is 0 Å². The zero-order valence-electron chi connectivity index (χ0n) is 14.1. The number of methoxy groups -OCH3 is 1. The van der Waals surface area contributed by atoms with Crippen molar-refractivity contribution < 1.29 is 13.2 Å². The second-order valence-corrected chi connectivity index (χ2v) is 8.64. The summed E-state index contributed by atoms with van der Waals surface area (Å²) in [5, 5.41) is -0.399. The number of ether oxygens (including phenoxy) is 1. The van der Waals surface area contributed by atoms with Crippen molar-refractivity contribution in [3.05, 3.63) is 48.2 Å². The third-order valence-electron chi connectivity index (χ3n) is 4.34. The third-order valence-corrected chi connectivity index (χ3v) is 6.22. The molecule has 0 unspecified atom stereocenters. The molecule has 2 atom stereocenters. The number of nitrogens with zero attached hydrogens (tertiary/aromatic N) is 1. The fourth-order valence-electron chi connectivity index (χ4n) is 2.64. The monoisotopic (exact) mass is 346 g/mol. The minimum Gasteiger partial charge on any atom is -0.481 e. The summed E-state index contributed by atoms with van der Waals surface area (Å²) in [5.41, 5.74) is 3.26. The van der Waals surface area contributed by atoms with Crippen LogP contribution in [0.15, 0.2) is 42.6 Å². The van der Waals surface area contributed by atoms with E-state index in [4.69, 9.17) is 4.74 Å². The molecule has 5 nitrogen and oxygen atoms in total. The van der Waals surface area contributed by atoms with Crippen molar-refractivity contribution in [1.29, 1.82) is 0 Å². The lowest BCUT2D eigenvalue weighted by molar-refractivity contribution is 0.398. The van der Waals surface area contributed by atoms with E-state index >= 15 is 0 Å². The van der Waals surface area contributed by atoms with Crippen LogP contribution in [0.1, 0.15) is 31.7 Å². The number of pyridine rings is 1. The normalized spacial score (nSPS) is 20.2. The SMILES string of the molecule is COc1ccc(-c2ccc([C@@H]3C[C@H]3NS(=O)(=O)C(C)C)cc2)cn1. The van der Waals surface area contributed by atoms with Crippen LogP contribution in [0.3, 0.4) is 0 Å². The highest BCUT2D eigenvalue weighted by atomic mass is 32.2. The van der Waals surface area contributed by atoms with Crippen molar-refractivity contribution >= 4 is 10.0 Å². The number of aromatic nitrogens is 1. The summed E-state index contributed by atoms with van der Waals surface area (Å²) in [6.45, 7) is 3.38. The fourth-order valence-corrected chi connectivity index (χ4v) is 3.59. The quantitative estimate of drug-likeness (QED) is 0.873. The summed E-state index contributed by atoms with van der Waals surface area (Å²) in [7, 11) is -1.61. The van der Waals surface area contributed by atoms with Crippen LogP contribution < -0.4 is 9.46 Å². The molecule has 128 valence electrons. The summed E-state index contributed by atoms with van der Waals surface area (Å²) < 4.78 is 31.7. The van der Waals surface area contributed by atoms with Gasteiger partial charge in [0.05, 0.1) is 12.4 Å². The molecule has 0 bridgehead atoms. The van der Waals surface area contributed by atoms with Crippen LogP contribution in [-0.2, 0) is 10.0 Å². The number of benzene rings is 1. The van der Waals surface area contributed by atoms with Crippen LogP contribution in [0.25, 0.3) is 11.1 Å². The zero-order chi connectivity index (χ0) is 17.3. The van der Waals surface area contributed by atoms with Gasteiger partial charge in [0.1, 0.15) is 0 Å². The molecule has 1 aliphatic rings. The molecular formula is C18H22N2O3S. The molecule has 0 spiro atoms. The molecule has 0 radical (unpaired) electrons. The number of nitrogens with one attached hydrogen (secondary N) is 1. The van der Waals surface area contributed by atoms with E-state index < -0.39 is 15.3 Å². The second-order valence-electron chi connectivity index (χ2n) is 6.37. The Kier molecular flexibility index (Phi) is 4.60. The highest BCUT2D eigenvalue weighted by molar-refractivity contribution is 7.90. The molecule has 24 heavy (non-hydrogen) atoms. The predicted octanol–water partition coefficient (Wildman–Crippen LogP) is 2.94. The van der Waals surface area contributed by atoms with Crippen LogP contribution in [0.2, 0.25) is 0 Å². The summed E-state index contributed by atoms with van der Waals surface area (Å²) in [6, 6.07) is 12.0. The Hall–Kier alpha value is -1.92. The highest BCUT2D eigenvalue weighted by Crippen LogP contribution is 2.41. The maximum Gasteiger partial charge on any atom is 0.214 e. The van der Waals surface area contributed by atoms with Gasteiger partial charge in [0.2, 0.25) is 15.9 Å². The zero-order valence-corrected chi connectivity index (χ0v) is 14.9. The molecule has 0 saturated heterocycles. The van der Waals surface area contributed by atoms with Gasteiger partial charge in [0.25, 0.3) is 0 Å². The van der Waals surface area contributed by atoms with Crippen LogP contribution in [0.5, 0.6) is 5.88 Å². The maximum atomic E-state index is 11.9. The minimum atomic E-state index is -3.20. The van der Waals surface area contributed by atoms with E-state index in [0.717, 1.165) is 23.1 Å². The van der Waals surface area contributed by atoms with Gasteiger partial charge in [-0.15, -0.1) is 0 Å². The van der Waals surface area contributed by atoms with Gasteiger partial charge in [-0.05, 0) is 37.5 Å². The summed E-state index contributed by atoms with van der Waals surface area (Å²) in [5.74, 6) is 0.857. The van der Waals surface area contributed by atoms with Crippen molar-refractivity contribution in [3.63, 3.8) is 0 Å². The number of hydrogen-bond acceptors (Lipinski definition) is 4. The molecule has 1 aromatic heterocycles. The van der Waals surface area contributed by atoms with Crippen molar-refractivity contribution in [1.82, 2.24) is 9.71 Å². The maximum absolute atomic E-state index is 11.9. The van der Waals surface area contributed by atoms with Crippen molar-refractivity contribution in [2.45, 2.75) is 37.5 Å². The lowest BCUT2D eigenvalue weighted by atomic mass is 10.0. The first kappa shape index (κ1) is 16.9. The van der Waals surface area contributed by atoms with Gasteiger partial charge >= 0.3 is 0 Å². The van der Waals surface area contributed by atoms with E-state index in [9.17, 15) is 8.42 Å². The van der Waals surface area contributed by atoms with Crippen LogP contribution in [-0.4, -0.2) is 31.8 Å². The molecule has 0 aliphatic heterocycles. The van der Waals surface area contributed by atoms with Crippen molar-refractivity contribution in [2.75, 3.05) is 7.11 Å². The average Bonchev–Trinajstić information content (AvgIpc) is 3.33. The van der Waals surface area contributed by atoms with Gasteiger partial charge < -0.3 is 4.74 Å². The van der Waals surface area contributed by atoms with E-state index in [1.165, 1.54) is 0 Å². The first-order valence-electron chi connectivity index (χ1n) is 8.02. The molecule has 2 aromatic rings. The number of rotatable bonds is 6. The average molecular weight is 346 g/mol. The molecule has 3 rings (SSSR count). The molecule has 1 fully saturated rings. The Bertz CT molecular complexity index is 799. The Labute approximate surface area is 143 Å². The van der Waals surface area contributed by atoms with Gasteiger partial charge in [-0.2, -0.15) is 0 Å². The molecular weight excluding hydrogens is 324 g/mol. The molecule has 1 heterocycles. The summed E-state index contributed by atoms with van der Waals surface area (Å²) in [6.07, 6.45) is 2.64. The molecule has 1 aliphatic carbocycles. The first-order chi connectivity index (χ1) is 11.4. The summed E-state index contributed by atoms with van der Waals surface area (Å²) in [4.78, 5) is 4.21. The van der Waals surface area contributed by atoms with E-state index in [0.29, 0.717) is 5.88 Å². The summed E-state index contributed by atoms with van der Waals surface area (Å²) >= 11 is 0. The highest BCUT2D eigenvalue weighted by Gasteiger charge is 2.41. The number of sulfonamides is 1. The lowest BCUT2D eigenvalue weighted by Gasteiger charge is -2.09. The second kappa shape index (κ2) is 6.53. The van der Waals surface area contributed by atoms with Gasteiger partial charge in [-0.25, -0.2) is 18.1 Å². The molecule has 1 N–H and O–H groups in total. The van der Waals surface area contributed by atoms with Gasteiger partial charge in [0, 0.05) is 29.8 Å². The van der Waals surface area contributed by atoms with Gasteiger partial charge in [0.15, 0.2) is 0 Å². The molecule has 1 saturated carbocycles. The number of hydrogen-bond donors (Lipinski definition) is 1. The Morgan fingerprint density at radius 2 is 1.79 bits per heavy atom. The fraction of sp³-hybridized carbons (Fsp3) is 0.389. The van der Waals surface area contributed by atoms with Crippen LogP contribution in [0, 0.1) is 0 Å². The first-order valence-corrected chi connectivity index (χ1v) is 9.57.